The molecule has 0 atom stereocenters. The Hall–Kier alpha value is -1.80. The van der Waals surface area contributed by atoms with Gasteiger partial charge in [0.15, 0.2) is 5.82 Å². The summed E-state index contributed by atoms with van der Waals surface area (Å²) in [5.41, 5.74) is 0. The molecule has 0 radical (unpaired) electrons. The number of piperazine rings is 1. The number of nitrogens with zero attached hydrogens (tertiary/aromatic N) is 7. The van der Waals surface area contributed by atoms with E-state index < -0.39 is 0 Å². The molecule has 8 nitrogen and oxygen atoms in total. The minimum Gasteiger partial charge on any atom is -0.338 e. The predicted molar refractivity (Wildman–Crippen MR) is 91.8 cm³/mol. The van der Waals surface area contributed by atoms with Crippen LogP contribution in [0.5, 0.6) is 0 Å². The second-order valence-corrected chi connectivity index (χ2v) is 7.00. The van der Waals surface area contributed by atoms with Gasteiger partial charge in [0.2, 0.25) is 5.89 Å². The third-order valence-electron chi connectivity index (χ3n) is 5.20. The van der Waals surface area contributed by atoms with Gasteiger partial charge >= 0.3 is 0 Å². The van der Waals surface area contributed by atoms with E-state index in [2.05, 4.69) is 34.7 Å². The van der Waals surface area contributed by atoms with Crippen molar-refractivity contribution in [3.05, 3.63) is 23.4 Å². The smallest absolute Gasteiger partial charge is 0.240 e. The van der Waals surface area contributed by atoms with Crippen LogP contribution in [0.1, 0.15) is 49.6 Å². The van der Waals surface area contributed by atoms with Crippen LogP contribution < -0.4 is 0 Å². The third kappa shape index (κ3) is 3.90. The molecular formula is C17H27N7O. The van der Waals surface area contributed by atoms with Crippen LogP contribution in [0.15, 0.2) is 4.52 Å². The quantitative estimate of drug-likeness (QED) is 0.807. The molecule has 0 saturated carbocycles. The lowest BCUT2D eigenvalue weighted by Crippen LogP contribution is -2.45. The van der Waals surface area contributed by atoms with Crippen LogP contribution in [0, 0.1) is 0 Å². The van der Waals surface area contributed by atoms with Crippen molar-refractivity contribution in [2.75, 3.05) is 26.2 Å². The molecule has 2 aromatic heterocycles. The number of hydrogen-bond donors (Lipinski definition) is 0. The fraction of sp³-hybridized carbons (Fsp3) is 0.765. The second kappa shape index (κ2) is 7.61. The van der Waals surface area contributed by atoms with Crippen LogP contribution in [0.2, 0.25) is 0 Å². The van der Waals surface area contributed by atoms with E-state index in [4.69, 9.17) is 4.52 Å². The topological polar surface area (TPSA) is 76.1 Å². The molecule has 0 unspecified atom stereocenters. The van der Waals surface area contributed by atoms with Crippen LogP contribution in [0.25, 0.3) is 0 Å². The van der Waals surface area contributed by atoms with Crippen molar-refractivity contribution < 1.29 is 4.52 Å². The van der Waals surface area contributed by atoms with E-state index in [1.807, 2.05) is 6.92 Å². The summed E-state index contributed by atoms with van der Waals surface area (Å²) in [6.45, 7) is 8.89. The maximum atomic E-state index is 5.31. The average molecular weight is 345 g/mol. The van der Waals surface area contributed by atoms with E-state index in [1.165, 1.54) is 25.1 Å². The molecular weight excluding hydrogens is 318 g/mol. The third-order valence-corrected chi connectivity index (χ3v) is 5.20. The first-order valence-electron chi connectivity index (χ1n) is 9.49. The van der Waals surface area contributed by atoms with Crippen LogP contribution in [-0.2, 0) is 32.5 Å². The molecule has 1 saturated heterocycles. The Balaban J connectivity index is 1.30. The SMILES string of the molecule is CCc1noc(CN2CCN(Cc3nnc4n3CCCCC4)CC2)n1. The van der Waals surface area contributed by atoms with Crippen LogP contribution in [-0.4, -0.2) is 60.9 Å². The summed E-state index contributed by atoms with van der Waals surface area (Å²) in [4.78, 5) is 9.26. The largest absolute Gasteiger partial charge is 0.338 e. The Bertz CT molecular complexity index is 687. The van der Waals surface area contributed by atoms with Crippen molar-refractivity contribution in [1.29, 1.82) is 0 Å². The van der Waals surface area contributed by atoms with Gasteiger partial charge in [-0.2, -0.15) is 4.98 Å². The highest BCUT2D eigenvalue weighted by molar-refractivity contribution is 4.98. The molecule has 8 heteroatoms. The summed E-state index contributed by atoms with van der Waals surface area (Å²) in [7, 11) is 0. The monoisotopic (exact) mass is 345 g/mol. The number of rotatable bonds is 5. The van der Waals surface area contributed by atoms with Crippen LogP contribution in [0.3, 0.4) is 0 Å². The minimum atomic E-state index is 0.730. The van der Waals surface area contributed by atoms with Gasteiger partial charge in [-0.05, 0) is 12.8 Å². The lowest BCUT2D eigenvalue weighted by Gasteiger charge is -2.33. The number of aryl methyl sites for hydroxylation is 2. The van der Waals surface area contributed by atoms with Gasteiger partial charge in [-0.25, -0.2) is 0 Å². The maximum absolute atomic E-state index is 5.31. The minimum absolute atomic E-state index is 0.730. The molecule has 2 aliphatic rings. The van der Waals surface area contributed by atoms with E-state index in [0.29, 0.717) is 0 Å². The number of aromatic nitrogens is 5. The Morgan fingerprint density at radius 2 is 1.72 bits per heavy atom. The zero-order valence-corrected chi connectivity index (χ0v) is 15.0. The number of fused-ring (bicyclic) bond motifs is 1. The molecule has 0 aliphatic carbocycles. The molecule has 1 fully saturated rings. The zero-order chi connectivity index (χ0) is 17.1. The first-order chi connectivity index (χ1) is 12.3. The first kappa shape index (κ1) is 16.7. The van der Waals surface area contributed by atoms with E-state index in [-0.39, 0.29) is 0 Å². The normalized spacial score (nSPS) is 19.7. The average Bonchev–Trinajstić information content (AvgIpc) is 3.16. The van der Waals surface area contributed by atoms with Gasteiger partial charge in [0.25, 0.3) is 0 Å². The van der Waals surface area contributed by atoms with E-state index >= 15 is 0 Å². The molecule has 2 aromatic rings. The molecule has 0 aromatic carbocycles. The Labute approximate surface area is 148 Å². The van der Waals surface area contributed by atoms with Gasteiger partial charge in [0, 0.05) is 45.6 Å². The van der Waals surface area contributed by atoms with E-state index in [1.54, 1.807) is 0 Å². The Morgan fingerprint density at radius 1 is 0.920 bits per heavy atom. The van der Waals surface area contributed by atoms with Gasteiger partial charge in [-0.3, -0.25) is 9.80 Å². The van der Waals surface area contributed by atoms with Crippen molar-refractivity contribution in [3.63, 3.8) is 0 Å². The second-order valence-electron chi connectivity index (χ2n) is 7.00. The highest BCUT2D eigenvalue weighted by Gasteiger charge is 2.22. The van der Waals surface area contributed by atoms with Crippen LogP contribution >= 0.6 is 0 Å². The molecule has 2 aliphatic heterocycles. The predicted octanol–water partition coefficient (Wildman–Crippen LogP) is 1.27. The molecule has 136 valence electrons. The fourth-order valence-corrected chi connectivity index (χ4v) is 3.66. The molecule has 0 amide bonds. The molecule has 4 heterocycles. The molecule has 25 heavy (non-hydrogen) atoms. The van der Waals surface area contributed by atoms with E-state index in [0.717, 1.165) is 76.2 Å². The summed E-state index contributed by atoms with van der Waals surface area (Å²) in [5.74, 6) is 3.83. The zero-order valence-electron chi connectivity index (χ0n) is 15.0. The summed E-state index contributed by atoms with van der Waals surface area (Å²) < 4.78 is 7.66. The first-order valence-corrected chi connectivity index (χ1v) is 9.49. The Morgan fingerprint density at radius 3 is 2.48 bits per heavy atom. The Kier molecular flexibility index (Phi) is 5.07. The molecule has 0 bridgehead atoms. The highest BCUT2D eigenvalue weighted by Crippen LogP contribution is 2.16. The lowest BCUT2D eigenvalue weighted by molar-refractivity contribution is 0.109. The van der Waals surface area contributed by atoms with Gasteiger partial charge < -0.3 is 9.09 Å². The summed E-state index contributed by atoms with van der Waals surface area (Å²) >= 11 is 0. The molecule has 0 N–H and O–H groups in total. The fourth-order valence-electron chi connectivity index (χ4n) is 3.66. The van der Waals surface area contributed by atoms with Crippen LogP contribution in [0.4, 0.5) is 0 Å². The van der Waals surface area contributed by atoms with E-state index in [9.17, 15) is 0 Å². The lowest BCUT2D eigenvalue weighted by atomic mass is 10.2. The van der Waals surface area contributed by atoms with Crippen molar-refractivity contribution in [2.45, 2.75) is 58.7 Å². The standard InChI is InChI=1S/C17H27N7O/c1-2-14-18-17(25-21-14)13-23-10-8-22(9-11-23)12-16-20-19-15-6-4-3-5-7-24(15)16/h2-13H2,1H3. The van der Waals surface area contributed by atoms with Gasteiger partial charge in [0.1, 0.15) is 11.6 Å². The van der Waals surface area contributed by atoms with Gasteiger partial charge in [-0.15, -0.1) is 10.2 Å². The van der Waals surface area contributed by atoms with Crippen molar-refractivity contribution in [2.24, 2.45) is 0 Å². The number of hydrogen-bond acceptors (Lipinski definition) is 7. The molecule has 4 rings (SSSR count). The molecule has 0 spiro atoms. The maximum Gasteiger partial charge on any atom is 0.240 e. The van der Waals surface area contributed by atoms with Gasteiger partial charge in [-0.1, -0.05) is 18.5 Å². The summed E-state index contributed by atoms with van der Waals surface area (Å²) in [5, 5.41) is 12.8. The van der Waals surface area contributed by atoms with Gasteiger partial charge in [0.05, 0.1) is 13.1 Å². The van der Waals surface area contributed by atoms with Crippen molar-refractivity contribution >= 4 is 0 Å². The summed E-state index contributed by atoms with van der Waals surface area (Å²) in [6.07, 6.45) is 5.68. The highest BCUT2D eigenvalue weighted by atomic mass is 16.5. The van der Waals surface area contributed by atoms with Crippen molar-refractivity contribution in [3.8, 4) is 0 Å². The summed E-state index contributed by atoms with van der Waals surface area (Å²) in [6, 6.07) is 0. The van der Waals surface area contributed by atoms with Crippen molar-refractivity contribution in [1.82, 2.24) is 34.7 Å².